The Labute approximate surface area is 150 Å². The van der Waals surface area contributed by atoms with Gasteiger partial charge in [-0.3, -0.25) is 14.3 Å². The molecule has 0 aliphatic rings. The number of aryl methyl sites for hydroxylation is 2. The van der Waals surface area contributed by atoms with Gasteiger partial charge in [0.25, 0.3) is 5.91 Å². The number of hydrogen-bond acceptors (Lipinski definition) is 5. The third-order valence-electron chi connectivity index (χ3n) is 3.71. The van der Waals surface area contributed by atoms with Crippen LogP contribution in [-0.4, -0.2) is 39.7 Å². The number of ether oxygens (including phenoxy) is 1. The molecule has 3 aromatic rings. The van der Waals surface area contributed by atoms with Gasteiger partial charge in [0.05, 0.1) is 24.1 Å². The van der Waals surface area contributed by atoms with Gasteiger partial charge in [-0.05, 0) is 25.1 Å². The first-order valence-electron chi connectivity index (χ1n) is 8.06. The summed E-state index contributed by atoms with van der Waals surface area (Å²) < 4.78 is 7.00. The molecule has 8 heteroatoms. The van der Waals surface area contributed by atoms with Gasteiger partial charge in [-0.1, -0.05) is 18.2 Å². The smallest absolute Gasteiger partial charge is 0.258 e. The fourth-order valence-corrected chi connectivity index (χ4v) is 2.48. The van der Waals surface area contributed by atoms with Crippen LogP contribution in [0.3, 0.4) is 0 Å². The summed E-state index contributed by atoms with van der Waals surface area (Å²) in [4.78, 5) is 28.0. The van der Waals surface area contributed by atoms with Gasteiger partial charge >= 0.3 is 0 Å². The van der Waals surface area contributed by atoms with Gasteiger partial charge < -0.3 is 15.4 Å². The molecule has 0 saturated carbocycles. The number of para-hydroxylation sites is 1. The van der Waals surface area contributed by atoms with Gasteiger partial charge in [-0.2, -0.15) is 5.10 Å². The van der Waals surface area contributed by atoms with Crippen LogP contribution in [0.4, 0.5) is 5.69 Å². The van der Waals surface area contributed by atoms with Crippen LogP contribution in [-0.2, 0) is 16.6 Å². The summed E-state index contributed by atoms with van der Waals surface area (Å²) in [6, 6.07) is 10.8. The standard InChI is InChI=1S/C18H19N5O3/c1-12-15-8-13(9-20-18(15)23(2)22-12)21-16(24)10-19-17(25)11-26-14-6-4-3-5-7-14/h3-9H,10-11H2,1-2H3,(H,19,25)(H,21,24). The van der Waals surface area contributed by atoms with Gasteiger partial charge in [-0.15, -0.1) is 0 Å². The van der Waals surface area contributed by atoms with Crippen molar-refractivity contribution in [2.75, 3.05) is 18.5 Å². The van der Waals surface area contributed by atoms with Crippen molar-refractivity contribution in [3.63, 3.8) is 0 Å². The monoisotopic (exact) mass is 353 g/mol. The quantitative estimate of drug-likeness (QED) is 0.698. The number of nitrogens with zero attached hydrogens (tertiary/aromatic N) is 3. The minimum absolute atomic E-state index is 0.152. The molecule has 2 amide bonds. The van der Waals surface area contributed by atoms with Crippen LogP contribution < -0.4 is 15.4 Å². The molecular formula is C18H19N5O3. The second-order valence-electron chi connectivity index (χ2n) is 5.73. The molecule has 26 heavy (non-hydrogen) atoms. The Morgan fingerprint density at radius 2 is 1.96 bits per heavy atom. The number of pyridine rings is 1. The lowest BCUT2D eigenvalue weighted by atomic mass is 10.2. The van der Waals surface area contributed by atoms with E-state index in [2.05, 4.69) is 20.7 Å². The number of nitrogens with one attached hydrogen (secondary N) is 2. The average Bonchev–Trinajstić information content (AvgIpc) is 2.93. The molecule has 0 saturated heterocycles. The lowest BCUT2D eigenvalue weighted by molar-refractivity contribution is -0.125. The average molecular weight is 353 g/mol. The fraction of sp³-hybridized carbons (Fsp3) is 0.222. The lowest BCUT2D eigenvalue weighted by Crippen LogP contribution is -2.35. The van der Waals surface area contributed by atoms with E-state index in [1.54, 1.807) is 23.0 Å². The minimum Gasteiger partial charge on any atom is -0.484 e. The van der Waals surface area contributed by atoms with E-state index in [1.807, 2.05) is 38.2 Å². The highest BCUT2D eigenvalue weighted by atomic mass is 16.5. The SMILES string of the molecule is Cc1nn(C)c2ncc(NC(=O)CNC(=O)COc3ccccc3)cc12. The maximum atomic E-state index is 12.0. The summed E-state index contributed by atoms with van der Waals surface area (Å²) in [7, 11) is 1.81. The van der Waals surface area contributed by atoms with Gasteiger partial charge in [-0.25, -0.2) is 4.98 Å². The number of fused-ring (bicyclic) bond motifs is 1. The second-order valence-corrected chi connectivity index (χ2v) is 5.73. The molecule has 0 unspecified atom stereocenters. The first-order valence-corrected chi connectivity index (χ1v) is 8.06. The maximum Gasteiger partial charge on any atom is 0.258 e. The van der Waals surface area contributed by atoms with Crippen molar-refractivity contribution in [2.45, 2.75) is 6.92 Å². The molecule has 2 heterocycles. The molecule has 3 rings (SSSR count). The first kappa shape index (κ1) is 17.4. The third-order valence-corrected chi connectivity index (χ3v) is 3.71. The van der Waals surface area contributed by atoms with Crippen LogP contribution in [0.25, 0.3) is 11.0 Å². The summed E-state index contributed by atoms with van der Waals surface area (Å²) in [6.07, 6.45) is 1.56. The lowest BCUT2D eigenvalue weighted by Gasteiger charge is -2.08. The highest BCUT2D eigenvalue weighted by molar-refractivity contribution is 5.96. The van der Waals surface area contributed by atoms with E-state index in [9.17, 15) is 9.59 Å². The number of carbonyl (C=O) groups excluding carboxylic acids is 2. The van der Waals surface area contributed by atoms with Gasteiger partial charge in [0, 0.05) is 12.4 Å². The number of carbonyl (C=O) groups is 2. The molecule has 134 valence electrons. The molecular weight excluding hydrogens is 334 g/mol. The first-order chi connectivity index (χ1) is 12.5. The van der Waals surface area contributed by atoms with Crippen molar-refractivity contribution in [3.05, 3.63) is 48.3 Å². The van der Waals surface area contributed by atoms with E-state index in [1.165, 1.54) is 0 Å². The maximum absolute atomic E-state index is 12.0. The van der Waals surface area contributed by atoms with Crippen LogP contribution in [0, 0.1) is 6.92 Å². The molecule has 2 aromatic heterocycles. The Kier molecular flexibility index (Phi) is 5.12. The zero-order valence-corrected chi connectivity index (χ0v) is 14.5. The van der Waals surface area contributed by atoms with E-state index < -0.39 is 0 Å². The molecule has 1 aromatic carbocycles. The van der Waals surface area contributed by atoms with Crippen LogP contribution in [0.15, 0.2) is 42.6 Å². The zero-order valence-electron chi connectivity index (χ0n) is 14.5. The van der Waals surface area contributed by atoms with E-state index >= 15 is 0 Å². The molecule has 2 N–H and O–H groups in total. The van der Waals surface area contributed by atoms with E-state index in [0.29, 0.717) is 11.4 Å². The molecule has 0 aliphatic carbocycles. The number of benzene rings is 1. The molecule has 0 atom stereocenters. The van der Waals surface area contributed by atoms with Gasteiger partial charge in [0.2, 0.25) is 5.91 Å². The molecule has 0 radical (unpaired) electrons. The molecule has 0 aliphatic heterocycles. The number of amides is 2. The number of rotatable bonds is 6. The fourth-order valence-electron chi connectivity index (χ4n) is 2.48. The summed E-state index contributed by atoms with van der Waals surface area (Å²) in [6.45, 7) is 1.57. The number of anilines is 1. The third kappa shape index (κ3) is 4.15. The van der Waals surface area contributed by atoms with E-state index in [-0.39, 0.29) is 25.0 Å². The van der Waals surface area contributed by atoms with Gasteiger partial charge in [0.1, 0.15) is 5.75 Å². The molecule has 0 fully saturated rings. The summed E-state index contributed by atoms with van der Waals surface area (Å²) >= 11 is 0. The zero-order chi connectivity index (χ0) is 18.5. The van der Waals surface area contributed by atoms with Crippen molar-refractivity contribution in [1.29, 1.82) is 0 Å². The molecule has 8 nitrogen and oxygen atoms in total. The van der Waals surface area contributed by atoms with Crippen molar-refractivity contribution >= 4 is 28.5 Å². The Morgan fingerprint density at radius 3 is 2.73 bits per heavy atom. The Balaban J connectivity index is 1.49. The molecule has 0 spiro atoms. The van der Waals surface area contributed by atoms with Crippen LogP contribution in [0.5, 0.6) is 5.75 Å². The predicted octanol–water partition coefficient (Wildman–Crippen LogP) is 1.41. The predicted molar refractivity (Wildman–Crippen MR) is 96.8 cm³/mol. The van der Waals surface area contributed by atoms with Crippen LogP contribution in [0.1, 0.15) is 5.69 Å². The summed E-state index contributed by atoms with van der Waals surface area (Å²) in [5.41, 5.74) is 2.12. The van der Waals surface area contributed by atoms with E-state index in [0.717, 1.165) is 16.7 Å². The Bertz CT molecular complexity index is 937. The van der Waals surface area contributed by atoms with Crippen LogP contribution >= 0.6 is 0 Å². The topological polar surface area (TPSA) is 98.1 Å². The molecule has 0 bridgehead atoms. The number of hydrogen-bond donors (Lipinski definition) is 2. The van der Waals surface area contributed by atoms with Crippen LogP contribution in [0.2, 0.25) is 0 Å². The Hall–Kier alpha value is -3.42. The largest absolute Gasteiger partial charge is 0.484 e. The van der Waals surface area contributed by atoms with Gasteiger partial charge in [0.15, 0.2) is 12.3 Å². The van der Waals surface area contributed by atoms with Crippen molar-refractivity contribution < 1.29 is 14.3 Å². The second kappa shape index (κ2) is 7.64. The summed E-state index contributed by atoms with van der Waals surface area (Å²) in [5.74, 6) is -0.125. The van der Waals surface area contributed by atoms with Crippen molar-refractivity contribution in [2.24, 2.45) is 7.05 Å². The normalized spacial score (nSPS) is 10.5. The highest BCUT2D eigenvalue weighted by Crippen LogP contribution is 2.19. The van der Waals surface area contributed by atoms with Crippen molar-refractivity contribution in [1.82, 2.24) is 20.1 Å². The number of aromatic nitrogens is 3. The van der Waals surface area contributed by atoms with Crippen molar-refractivity contribution in [3.8, 4) is 5.75 Å². The summed E-state index contributed by atoms with van der Waals surface area (Å²) in [5, 5.41) is 10.4. The Morgan fingerprint density at radius 1 is 1.19 bits per heavy atom. The highest BCUT2D eigenvalue weighted by Gasteiger charge is 2.10. The van der Waals surface area contributed by atoms with E-state index in [4.69, 9.17) is 4.74 Å². The minimum atomic E-state index is -0.374.